The van der Waals surface area contributed by atoms with Crippen LogP contribution in [-0.4, -0.2) is 18.4 Å². The van der Waals surface area contributed by atoms with Gasteiger partial charge < -0.3 is 5.43 Å². The lowest BCUT2D eigenvalue weighted by Crippen LogP contribution is -2.27. The number of rotatable bonds is 5. The van der Waals surface area contributed by atoms with E-state index in [1.807, 2.05) is 0 Å². The van der Waals surface area contributed by atoms with Crippen LogP contribution in [0.4, 0.5) is 5.82 Å². The number of sulfonamides is 1. The molecule has 0 saturated heterocycles. The fourth-order valence-electron chi connectivity index (χ4n) is 1.67. The standard InChI is InChI=1S/C12H14ClN5O2S/c1-8(11-4-2-3-5-15-11)18-21(19,20)9-6-10(13)12(17-14)16-7-9/h2-8,18H,14H2,1H3,(H,16,17). The van der Waals surface area contributed by atoms with Crippen LogP contribution in [0.5, 0.6) is 0 Å². The highest BCUT2D eigenvalue weighted by molar-refractivity contribution is 7.89. The quantitative estimate of drug-likeness (QED) is 0.566. The monoisotopic (exact) mass is 327 g/mol. The number of aromatic nitrogens is 2. The number of anilines is 1. The highest BCUT2D eigenvalue weighted by atomic mass is 35.5. The molecule has 9 heteroatoms. The van der Waals surface area contributed by atoms with E-state index in [9.17, 15) is 8.42 Å². The molecule has 0 aliphatic carbocycles. The highest BCUT2D eigenvalue weighted by Gasteiger charge is 2.20. The van der Waals surface area contributed by atoms with Crippen molar-refractivity contribution < 1.29 is 8.42 Å². The molecule has 2 rings (SSSR count). The molecule has 112 valence electrons. The van der Waals surface area contributed by atoms with E-state index in [-0.39, 0.29) is 15.7 Å². The van der Waals surface area contributed by atoms with Gasteiger partial charge in [-0.25, -0.2) is 24.0 Å². The Balaban J connectivity index is 2.24. The third-order valence-electron chi connectivity index (χ3n) is 2.73. The molecule has 0 spiro atoms. The molecule has 0 amide bonds. The molecule has 2 aromatic heterocycles. The second kappa shape index (κ2) is 6.35. The van der Waals surface area contributed by atoms with Gasteiger partial charge in [-0.05, 0) is 25.1 Å². The van der Waals surface area contributed by atoms with Crippen LogP contribution in [0, 0.1) is 0 Å². The van der Waals surface area contributed by atoms with Crippen LogP contribution in [0.3, 0.4) is 0 Å². The second-order valence-corrected chi connectivity index (χ2v) is 6.36. The van der Waals surface area contributed by atoms with Gasteiger partial charge in [0.15, 0.2) is 5.82 Å². The van der Waals surface area contributed by atoms with Crippen molar-refractivity contribution >= 4 is 27.4 Å². The van der Waals surface area contributed by atoms with Crippen molar-refractivity contribution in [2.24, 2.45) is 5.84 Å². The first-order valence-corrected chi connectivity index (χ1v) is 7.85. The molecule has 1 unspecified atom stereocenters. The number of hydrogen-bond acceptors (Lipinski definition) is 6. The van der Waals surface area contributed by atoms with E-state index in [2.05, 4.69) is 20.1 Å². The molecule has 0 bridgehead atoms. The van der Waals surface area contributed by atoms with E-state index in [0.717, 1.165) is 0 Å². The largest absolute Gasteiger partial charge is 0.307 e. The summed E-state index contributed by atoms with van der Waals surface area (Å²) in [6, 6.07) is 6.07. The first-order valence-electron chi connectivity index (χ1n) is 5.99. The van der Waals surface area contributed by atoms with Gasteiger partial charge in [-0.1, -0.05) is 17.7 Å². The van der Waals surface area contributed by atoms with Crippen molar-refractivity contribution in [3.05, 3.63) is 47.4 Å². The molecule has 0 aromatic carbocycles. The number of nitrogens with one attached hydrogen (secondary N) is 2. The first kappa shape index (κ1) is 15.6. The zero-order chi connectivity index (χ0) is 15.5. The molecular formula is C12H14ClN5O2S. The molecule has 0 fully saturated rings. The van der Waals surface area contributed by atoms with E-state index in [1.54, 1.807) is 31.3 Å². The summed E-state index contributed by atoms with van der Waals surface area (Å²) in [6.45, 7) is 1.70. The van der Waals surface area contributed by atoms with Gasteiger partial charge in [0.05, 0.1) is 16.8 Å². The van der Waals surface area contributed by atoms with E-state index < -0.39 is 16.1 Å². The Kier molecular flexibility index (Phi) is 4.73. The zero-order valence-electron chi connectivity index (χ0n) is 11.1. The number of nitrogens with zero attached hydrogens (tertiary/aromatic N) is 2. The molecule has 1 atom stereocenters. The van der Waals surface area contributed by atoms with Gasteiger partial charge in [0.25, 0.3) is 0 Å². The van der Waals surface area contributed by atoms with E-state index in [1.165, 1.54) is 12.3 Å². The van der Waals surface area contributed by atoms with Crippen molar-refractivity contribution in [1.82, 2.24) is 14.7 Å². The van der Waals surface area contributed by atoms with Gasteiger partial charge in [0.2, 0.25) is 10.0 Å². The maximum Gasteiger partial charge on any atom is 0.242 e. The van der Waals surface area contributed by atoms with Crippen LogP contribution in [0.25, 0.3) is 0 Å². The van der Waals surface area contributed by atoms with Crippen LogP contribution in [0.2, 0.25) is 5.02 Å². The van der Waals surface area contributed by atoms with Gasteiger partial charge in [0, 0.05) is 12.4 Å². The SMILES string of the molecule is CC(NS(=O)(=O)c1cnc(NN)c(Cl)c1)c1ccccn1. The molecule has 21 heavy (non-hydrogen) atoms. The summed E-state index contributed by atoms with van der Waals surface area (Å²) in [7, 11) is -3.76. The fraction of sp³-hybridized carbons (Fsp3) is 0.167. The van der Waals surface area contributed by atoms with E-state index in [0.29, 0.717) is 5.69 Å². The maximum absolute atomic E-state index is 12.3. The number of hydrogen-bond donors (Lipinski definition) is 3. The summed E-state index contributed by atoms with van der Waals surface area (Å²) in [5, 5.41) is 0.117. The van der Waals surface area contributed by atoms with Gasteiger partial charge in [-0.2, -0.15) is 0 Å². The third kappa shape index (κ3) is 3.67. The summed E-state index contributed by atoms with van der Waals surface area (Å²) in [5.41, 5.74) is 2.88. The molecule has 0 radical (unpaired) electrons. The van der Waals surface area contributed by atoms with Gasteiger partial charge >= 0.3 is 0 Å². The second-order valence-electron chi connectivity index (χ2n) is 4.24. The van der Waals surface area contributed by atoms with Gasteiger partial charge in [-0.15, -0.1) is 0 Å². The van der Waals surface area contributed by atoms with Gasteiger partial charge in [-0.3, -0.25) is 4.98 Å². The Bertz CT molecular complexity index is 724. The van der Waals surface area contributed by atoms with Crippen LogP contribution in [0.1, 0.15) is 18.7 Å². The molecule has 4 N–H and O–H groups in total. The number of pyridine rings is 2. The van der Waals surface area contributed by atoms with E-state index >= 15 is 0 Å². The normalized spacial score (nSPS) is 12.9. The fourth-order valence-corrected chi connectivity index (χ4v) is 3.14. The zero-order valence-corrected chi connectivity index (χ0v) is 12.7. The summed E-state index contributed by atoms with van der Waals surface area (Å²) >= 11 is 5.88. The summed E-state index contributed by atoms with van der Waals surface area (Å²) in [5.74, 6) is 5.40. The molecular weight excluding hydrogens is 314 g/mol. The molecule has 0 saturated carbocycles. The topological polar surface area (TPSA) is 110 Å². The van der Waals surface area contributed by atoms with Crippen molar-refractivity contribution in [2.45, 2.75) is 17.9 Å². The van der Waals surface area contributed by atoms with Gasteiger partial charge in [0.1, 0.15) is 4.90 Å². The number of hydrazine groups is 1. The number of nitrogens with two attached hydrogens (primary N) is 1. The van der Waals surface area contributed by atoms with Crippen LogP contribution in [0.15, 0.2) is 41.6 Å². The van der Waals surface area contributed by atoms with Crippen molar-refractivity contribution in [3.8, 4) is 0 Å². The Hall–Kier alpha value is -1.74. The lowest BCUT2D eigenvalue weighted by molar-refractivity contribution is 0.563. The Labute approximate surface area is 127 Å². The average molecular weight is 328 g/mol. The average Bonchev–Trinajstić information content (AvgIpc) is 2.47. The Morgan fingerprint density at radius 3 is 2.67 bits per heavy atom. The summed E-state index contributed by atoms with van der Waals surface area (Å²) in [6.07, 6.45) is 2.77. The summed E-state index contributed by atoms with van der Waals surface area (Å²) in [4.78, 5) is 7.90. The maximum atomic E-state index is 12.3. The van der Waals surface area contributed by atoms with Crippen molar-refractivity contribution in [1.29, 1.82) is 0 Å². The lowest BCUT2D eigenvalue weighted by atomic mass is 10.2. The Morgan fingerprint density at radius 1 is 1.33 bits per heavy atom. The van der Waals surface area contributed by atoms with Crippen molar-refractivity contribution in [2.75, 3.05) is 5.43 Å². The smallest absolute Gasteiger partial charge is 0.242 e. The minimum absolute atomic E-state index is 0.0470. The first-order chi connectivity index (χ1) is 9.94. The predicted molar refractivity (Wildman–Crippen MR) is 80.0 cm³/mol. The minimum Gasteiger partial charge on any atom is -0.307 e. The number of nitrogen functional groups attached to an aromatic ring is 1. The Morgan fingerprint density at radius 2 is 2.10 bits per heavy atom. The van der Waals surface area contributed by atoms with Crippen LogP contribution >= 0.6 is 11.6 Å². The van der Waals surface area contributed by atoms with Crippen LogP contribution < -0.4 is 16.0 Å². The van der Waals surface area contributed by atoms with E-state index in [4.69, 9.17) is 17.4 Å². The summed E-state index contributed by atoms with van der Waals surface area (Å²) < 4.78 is 27.1. The molecule has 2 aromatic rings. The molecule has 0 aliphatic rings. The van der Waals surface area contributed by atoms with Crippen LogP contribution in [-0.2, 0) is 10.0 Å². The highest BCUT2D eigenvalue weighted by Crippen LogP contribution is 2.22. The minimum atomic E-state index is -3.76. The molecule has 7 nitrogen and oxygen atoms in total. The van der Waals surface area contributed by atoms with Crippen molar-refractivity contribution in [3.63, 3.8) is 0 Å². The third-order valence-corrected chi connectivity index (χ3v) is 4.52. The lowest BCUT2D eigenvalue weighted by Gasteiger charge is -2.14. The predicted octanol–water partition coefficient (Wildman–Crippen LogP) is 1.46. The molecule has 2 heterocycles. The number of halogens is 1. The molecule has 0 aliphatic heterocycles.